The number of hydrogen-bond donors (Lipinski definition) is 1. The number of aryl methyl sites for hydroxylation is 1. The minimum atomic E-state index is -0.383. The lowest BCUT2D eigenvalue weighted by Crippen LogP contribution is -2.28. The number of rotatable bonds is 7. The first-order valence-electron chi connectivity index (χ1n) is 10.2. The van der Waals surface area contributed by atoms with Gasteiger partial charge in [-0.2, -0.15) is 0 Å². The molecule has 4 rings (SSSR count). The fourth-order valence-electron chi connectivity index (χ4n) is 3.54. The highest BCUT2D eigenvalue weighted by Crippen LogP contribution is 2.30. The van der Waals surface area contributed by atoms with Gasteiger partial charge in [0.15, 0.2) is 0 Å². The van der Waals surface area contributed by atoms with Crippen molar-refractivity contribution in [1.29, 1.82) is 0 Å². The first-order chi connectivity index (χ1) is 14.5. The van der Waals surface area contributed by atoms with E-state index in [1.54, 1.807) is 16.2 Å². The van der Waals surface area contributed by atoms with Gasteiger partial charge < -0.3 is 15.0 Å². The van der Waals surface area contributed by atoms with Crippen LogP contribution >= 0.6 is 11.3 Å². The molecule has 1 saturated heterocycles. The maximum absolute atomic E-state index is 12.7. The summed E-state index contributed by atoms with van der Waals surface area (Å²) in [6.07, 6.45) is 2.31. The molecule has 2 aromatic carbocycles. The molecule has 0 spiro atoms. The number of nitrogens with zero attached hydrogens (tertiary/aromatic N) is 2. The molecule has 2 amide bonds. The summed E-state index contributed by atoms with van der Waals surface area (Å²) in [7, 11) is 0. The highest BCUT2D eigenvalue weighted by molar-refractivity contribution is 7.18. The van der Waals surface area contributed by atoms with E-state index in [2.05, 4.69) is 17.2 Å². The molecule has 2 heterocycles. The molecule has 1 N–H and O–H groups in total. The first-order valence-corrected chi connectivity index (χ1v) is 11.1. The van der Waals surface area contributed by atoms with Crippen molar-refractivity contribution in [1.82, 2.24) is 4.98 Å². The number of thiazole rings is 1. The second kappa shape index (κ2) is 8.83. The van der Waals surface area contributed by atoms with Crippen molar-refractivity contribution in [3.63, 3.8) is 0 Å². The maximum Gasteiger partial charge on any atom is 0.229 e. The van der Waals surface area contributed by atoms with Crippen molar-refractivity contribution in [3.8, 4) is 5.75 Å². The summed E-state index contributed by atoms with van der Waals surface area (Å²) >= 11 is 1.63. The van der Waals surface area contributed by atoms with Crippen LogP contribution in [0.25, 0.3) is 10.2 Å². The lowest BCUT2D eigenvalue weighted by Gasteiger charge is -2.17. The highest BCUT2D eigenvalue weighted by Gasteiger charge is 2.35. The summed E-state index contributed by atoms with van der Waals surface area (Å²) in [6, 6.07) is 13.2. The van der Waals surface area contributed by atoms with Gasteiger partial charge in [-0.25, -0.2) is 4.98 Å². The van der Waals surface area contributed by atoms with Crippen molar-refractivity contribution in [2.75, 3.05) is 23.4 Å². The normalized spacial score (nSPS) is 16.3. The van der Waals surface area contributed by atoms with Gasteiger partial charge in [-0.3, -0.25) is 9.59 Å². The Kier molecular flexibility index (Phi) is 5.99. The van der Waals surface area contributed by atoms with Gasteiger partial charge in [0.05, 0.1) is 27.7 Å². The van der Waals surface area contributed by atoms with Crippen molar-refractivity contribution in [2.45, 2.75) is 33.1 Å². The number of unbranched alkanes of at least 4 members (excludes halogenated alkanes) is 1. The number of benzene rings is 2. The van der Waals surface area contributed by atoms with Crippen LogP contribution in [0.1, 0.15) is 31.2 Å². The molecule has 156 valence electrons. The molecule has 1 atom stereocenters. The van der Waals surface area contributed by atoms with Gasteiger partial charge in [-0.15, -0.1) is 11.3 Å². The Morgan fingerprint density at radius 1 is 1.27 bits per heavy atom. The van der Waals surface area contributed by atoms with Crippen molar-refractivity contribution < 1.29 is 14.3 Å². The average molecular weight is 424 g/mol. The van der Waals surface area contributed by atoms with Crippen LogP contribution in [0, 0.1) is 12.8 Å². The molecule has 7 heteroatoms. The Morgan fingerprint density at radius 3 is 2.83 bits per heavy atom. The van der Waals surface area contributed by atoms with Gasteiger partial charge >= 0.3 is 0 Å². The van der Waals surface area contributed by atoms with E-state index < -0.39 is 0 Å². The quantitative estimate of drug-likeness (QED) is 0.556. The Bertz CT molecular complexity index is 1060. The van der Waals surface area contributed by atoms with Gasteiger partial charge in [-0.1, -0.05) is 13.3 Å². The van der Waals surface area contributed by atoms with E-state index in [1.807, 2.05) is 49.4 Å². The number of carbonyl (C=O) groups is 2. The molecule has 0 radical (unpaired) electrons. The number of carbonyl (C=O) groups excluding carboxylic acids is 2. The first kappa shape index (κ1) is 20.3. The number of nitrogens with one attached hydrogen (secondary N) is 1. The van der Waals surface area contributed by atoms with E-state index >= 15 is 0 Å². The Hall–Kier alpha value is -2.93. The number of fused-ring (bicyclic) bond motifs is 1. The molecule has 1 fully saturated rings. The van der Waals surface area contributed by atoms with Crippen LogP contribution in [0.2, 0.25) is 0 Å². The predicted molar refractivity (Wildman–Crippen MR) is 120 cm³/mol. The number of anilines is 2. The largest absolute Gasteiger partial charge is 0.494 e. The second-order valence-electron chi connectivity index (χ2n) is 7.51. The molecule has 1 aliphatic heterocycles. The highest BCUT2D eigenvalue weighted by atomic mass is 32.1. The fourth-order valence-corrected chi connectivity index (χ4v) is 4.35. The maximum atomic E-state index is 12.7. The van der Waals surface area contributed by atoms with Gasteiger partial charge in [0.25, 0.3) is 0 Å². The van der Waals surface area contributed by atoms with E-state index in [0.29, 0.717) is 18.8 Å². The third-order valence-corrected chi connectivity index (χ3v) is 6.13. The zero-order valence-corrected chi connectivity index (χ0v) is 18.0. The second-order valence-corrected chi connectivity index (χ2v) is 8.74. The standard InChI is InChI=1S/C23H25N3O3S/c1-3-4-11-29-19-8-5-17(6-9-19)25-23(28)16-12-22(27)26(14-16)18-7-10-21-20(13-18)24-15(2)30-21/h5-10,13,16H,3-4,11-12,14H2,1-2H3,(H,25,28). The molecule has 1 aliphatic rings. The van der Waals surface area contributed by atoms with E-state index in [-0.39, 0.29) is 24.2 Å². The molecule has 1 unspecified atom stereocenters. The van der Waals surface area contributed by atoms with E-state index in [0.717, 1.165) is 39.5 Å². The van der Waals surface area contributed by atoms with Crippen LogP contribution in [0.15, 0.2) is 42.5 Å². The molecule has 3 aromatic rings. The van der Waals surface area contributed by atoms with Crippen molar-refractivity contribution in [3.05, 3.63) is 47.5 Å². The summed E-state index contributed by atoms with van der Waals surface area (Å²) in [4.78, 5) is 31.5. The summed E-state index contributed by atoms with van der Waals surface area (Å²) in [5, 5.41) is 3.91. The van der Waals surface area contributed by atoms with Crippen LogP contribution in [0.3, 0.4) is 0 Å². The molecular weight excluding hydrogens is 398 g/mol. The van der Waals surface area contributed by atoms with Gasteiger partial charge in [0.2, 0.25) is 11.8 Å². The van der Waals surface area contributed by atoms with Crippen LogP contribution in [-0.4, -0.2) is 29.9 Å². The van der Waals surface area contributed by atoms with Crippen molar-refractivity contribution >= 4 is 44.7 Å². The molecule has 0 aliphatic carbocycles. The molecule has 1 aromatic heterocycles. The summed E-state index contributed by atoms with van der Waals surface area (Å²) in [6.45, 7) is 5.15. The molecule has 30 heavy (non-hydrogen) atoms. The third kappa shape index (κ3) is 4.46. The minimum Gasteiger partial charge on any atom is -0.494 e. The van der Waals surface area contributed by atoms with Crippen LogP contribution in [-0.2, 0) is 9.59 Å². The smallest absolute Gasteiger partial charge is 0.229 e. The zero-order valence-electron chi connectivity index (χ0n) is 17.2. The SMILES string of the molecule is CCCCOc1ccc(NC(=O)C2CC(=O)N(c3ccc4sc(C)nc4c3)C2)cc1. The Labute approximate surface area is 179 Å². The Balaban J connectivity index is 1.38. The van der Waals surface area contributed by atoms with Gasteiger partial charge in [0, 0.05) is 24.3 Å². The van der Waals surface area contributed by atoms with Crippen LogP contribution in [0.5, 0.6) is 5.75 Å². The zero-order chi connectivity index (χ0) is 21.1. The lowest BCUT2D eigenvalue weighted by atomic mass is 10.1. The minimum absolute atomic E-state index is 0.0406. The topological polar surface area (TPSA) is 71.5 Å². The average Bonchev–Trinajstić information content (AvgIpc) is 3.30. The number of aromatic nitrogens is 1. The lowest BCUT2D eigenvalue weighted by molar-refractivity contribution is -0.122. The van der Waals surface area contributed by atoms with Crippen molar-refractivity contribution in [2.24, 2.45) is 5.92 Å². The predicted octanol–water partition coefficient (Wildman–Crippen LogP) is 4.78. The fraction of sp³-hybridized carbons (Fsp3) is 0.348. The Morgan fingerprint density at radius 2 is 2.07 bits per heavy atom. The number of hydrogen-bond acceptors (Lipinski definition) is 5. The summed E-state index contributed by atoms with van der Waals surface area (Å²) in [5.74, 6) is 0.222. The molecule has 0 saturated carbocycles. The third-order valence-electron chi connectivity index (χ3n) is 5.17. The van der Waals surface area contributed by atoms with E-state index in [9.17, 15) is 9.59 Å². The number of amides is 2. The molecular formula is C23H25N3O3S. The number of ether oxygens (including phenoxy) is 1. The monoisotopic (exact) mass is 423 g/mol. The van der Waals surface area contributed by atoms with E-state index in [1.165, 1.54) is 0 Å². The van der Waals surface area contributed by atoms with Gasteiger partial charge in [0.1, 0.15) is 5.75 Å². The van der Waals surface area contributed by atoms with Crippen LogP contribution in [0.4, 0.5) is 11.4 Å². The van der Waals surface area contributed by atoms with Crippen LogP contribution < -0.4 is 15.0 Å². The van der Waals surface area contributed by atoms with E-state index in [4.69, 9.17) is 4.74 Å². The summed E-state index contributed by atoms with van der Waals surface area (Å²) < 4.78 is 6.74. The van der Waals surface area contributed by atoms with Gasteiger partial charge in [-0.05, 0) is 55.8 Å². The summed E-state index contributed by atoms with van der Waals surface area (Å²) in [5.41, 5.74) is 2.38. The molecule has 0 bridgehead atoms. The molecule has 6 nitrogen and oxygen atoms in total.